The molecule has 1 amide bonds. The molecule has 0 radical (unpaired) electrons. The molecule has 0 unspecified atom stereocenters. The van der Waals surface area contributed by atoms with Crippen LogP contribution < -0.4 is 5.32 Å². The van der Waals surface area contributed by atoms with E-state index in [1.54, 1.807) is 12.4 Å². The topological polar surface area (TPSA) is 79.3 Å². The summed E-state index contributed by atoms with van der Waals surface area (Å²) in [6, 6.07) is 3.62. The Morgan fingerprint density at radius 2 is 2.00 bits per heavy atom. The van der Waals surface area contributed by atoms with Crippen molar-refractivity contribution in [3.63, 3.8) is 0 Å². The van der Waals surface area contributed by atoms with Crippen molar-refractivity contribution in [1.82, 2.24) is 10.3 Å². The third kappa shape index (κ3) is 5.35. The lowest BCUT2D eigenvalue weighted by atomic mass is 10.3. The number of amides is 1. The Labute approximate surface area is 97.3 Å². The van der Waals surface area contributed by atoms with E-state index >= 15 is 0 Å². The number of carbonyl (C=O) groups is 2. The van der Waals surface area contributed by atoms with Gasteiger partial charge in [-0.15, -0.1) is 11.8 Å². The molecule has 16 heavy (non-hydrogen) atoms. The fourth-order valence-corrected chi connectivity index (χ4v) is 1.55. The lowest BCUT2D eigenvalue weighted by Crippen LogP contribution is -2.25. The Morgan fingerprint density at radius 1 is 1.31 bits per heavy atom. The summed E-state index contributed by atoms with van der Waals surface area (Å²) in [5.41, 5.74) is 0.964. The molecule has 0 atom stereocenters. The summed E-state index contributed by atoms with van der Waals surface area (Å²) < 4.78 is 0. The van der Waals surface area contributed by atoms with Gasteiger partial charge in [0.05, 0.1) is 11.5 Å². The predicted octanol–water partition coefficient (Wildman–Crippen LogP) is 0.516. The van der Waals surface area contributed by atoms with Gasteiger partial charge < -0.3 is 10.4 Å². The van der Waals surface area contributed by atoms with Crippen LogP contribution in [0.15, 0.2) is 24.5 Å². The normalized spacial score (nSPS) is 9.75. The number of rotatable bonds is 6. The van der Waals surface area contributed by atoms with Gasteiger partial charge in [0.2, 0.25) is 5.91 Å². The van der Waals surface area contributed by atoms with Gasteiger partial charge in [0, 0.05) is 18.9 Å². The summed E-state index contributed by atoms with van der Waals surface area (Å²) >= 11 is 1.08. The highest BCUT2D eigenvalue weighted by Crippen LogP contribution is 1.99. The van der Waals surface area contributed by atoms with Gasteiger partial charge in [0.1, 0.15) is 0 Å². The average molecular weight is 240 g/mol. The second-order valence-corrected chi connectivity index (χ2v) is 4.00. The number of pyridine rings is 1. The first-order valence-electron chi connectivity index (χ1n) is 4.63. The molecule has 0 fully saturated rings. The highest BCUT2D eigenvalue weighted by atomic mass is 32.2. The first kappa shape index (κ1) is 12.5. The van der Waals surface area contributed by atoms with Crippen LogP contribution in [0.25, 0.3) is 0 Å². The predicted molar refractivity (Wildman–Crippen MR) is 61.0 cm³/mol. The first-order chi connectivity index (χ1) is 7.68. The number of thioether (sulfide) groups is 1. The number of hydrogen-bond donors (Lipinski definition) is 2. The van der Waals surface area contributed by atoms with Crippen LogP contribution >= 0.6 is 11.8 Å². The maximum Gasteiger partial charge on any atom is 0.313 e. The zero-order valence-corrected chi connectivity index (χ0v) is 9.37. The van der Waals surface area contributed by atoms with Crippen molar-refractivity contribution in [2.75, 3.05) is 11.5 Å². The van der Waals surface area contributed by atoms with Crippen LogP contribution in [-0.2, 0) is 16.1 Å². The number of nitrogens with zero attached hydrogens (tertiary/aromatic N) is 1. The molecule has 1 aromatic rings. The lowest BCUT2D eigenvalue weighted by Gasteiger charge is -2.03. The molecule has 0 spiro atoms. The van der Waals surface area contributed by atoms with Crippen LogP contribution in [0.3, 0.4) is 0 Å². The molecular formula is C10H12N2O3S. The van der Waals surface area contributed by atoms with Crippen LogP contribution in [0.4, 0.5) is 0 Å². The summed E-state index contributed by atoms with van der Waals surface area (Å²) in [4.78, 5) is 25.3. The molecule has 5 nitrogen and oxygen atoms in total. The molecule has 0 aliphatic heterocycles. The van der Waals surface area contributed by atoms with Crippen molar-refractivity contribution in [2.45, 2.75) is 6.54 Å². The third-order valence-corrected chi connectivity index (χ3v) is 2.62. The van der Waals surface area contributed by atoms with Gasteiger partial charge in [0.15, 0.2) is 0 Å². The highest BCUT2D eigenvalue weighted by molar-refractivity contribution is 8.00. The fourth-order valence-electron chi connectivity index (χ4n) is 0.983. The smallest absolute Gasteiger partial charge is 0.313 e. The minimum Gasteiger partial charge on any atom is -0.481 e. The van der Waals surface area contributed by atoms with Gasteiger partial charge in [-0.3, -0.25) is 14.6 Å². The van der Waals surface area contributed by atoms with Gasteiger partial charge in [-0.1, -0.05) is 0 Å². The molecule has 1 heterocycles. The fraction of sp³-hybridized carbons (Fsp3) is 0.300. The Balaban J connectivity index is 2.18. The first-order valence-corrected chi connectivity index (χ1v) is 5.79. The Morgan fingerprint density at radius 3 is 2.62 bits per heavy atom. The highest BCUT2D eigenvalue weighted by Gasteiger charge is 2.03. The van der Waals surface area contributed by atoms with Crippen molar-refractivity contribution in [1.29, 1.82) is 0 Å². The Hall–Kier alpha value is -1.56. The van der Waals surface area contributed by atoms with Crippen LogP contribution in [0.2, 0.25) is 0 Å². The van der Waals surface area contributed by atoms with E-state index in [-0.39, 0.29) is 17.4 Å². The van der Waals surface area contributed by atoms with Gasteiger partial charge in [-0.2, -0.15) is 0 Å². The van der Waals surface area contributed by atoms with E-state index in [4.69, 9.17) is 5.11 Å². The largest absolute Gasteiger partial charge is 0.481 e. The number of nitrogens with one attached hydrogen (secondary N) is 1. The summed E-state index contributed by atoms with van der Waals surface area (Å²) in [6.07, 6.45) is 3.31. The Kier molecular flexibility index (Phi) is 5.35. The number of hydrogen-bond acceptors (Lipinski definition) is 4. The lowest BCUT2D eigenvalue weighted by molar-refractivity contribution is -0.133. The van der Waals surface area contributed by atoms with Crippen LogP contribution in [-0.4, -0.2) is 33.5 Å². The molecule has 0 saturated carbocycles. The molecule has 0 bridgehead atoms. The molecule has 6 heteroatoms. The van der Waals surface area contributed by atoms with Gasteiger partial charge in [-0.05, 0) is 17.7 Å². The summed E-state index contributed by atoms with van der Waals surface area (Å²) in [7, 11) is 0. The van der Waals surface area contributed by atoms with E-state index in [2.05, 4.69) is 10.3 Å². The van der Waals surface area contributed by atoms with Crippen molar-refractivity contribution in [2.24, 2.45) is 0 Å². The van der Waals surface area contributed by atoms with E-state index < -0.39 is 5.97 Å². The van der Waals surface area contributed by atoms with Crippen LogP contribution in [0.5, 0.6) is 0 Å². The Bertz CT molecular complexity index is 356. The molecule has 86 valence electrons. The summed E-state index contributed by atoms with van der Waals surface area (Å²) in [5, 5.41) is 11.1. The number of aromatic nitrogens is 1. The monoisotopic (exact) mass is 240 g/mol. The standard InChI is InChI=1S/C10H12N2O3S/c13-9(6-16-7-10(14)15)12-5-8-1-3-11-4-2-8/h1-4H,5-7H2,(H,12,13)(H,14,15). The molecule has 2 N–H and O–H groups in total. The zero-order valence-electron chi connectivity index (χ0n) is 8.55. The average Bonchev–Trinajstić information content (AvgIpc) is 2.27. The van der Waals surface area contributed by atoms with Gasteiger partial charge >= 0.3 is 5.97 Å². The number of aliphatic carboxylic acids is 1. The minimum atomic E-state index is -0.910. The third-order valence-electron chi connectivity index (χ3n) is 1.70. The summed E-state index contributed by atoms with van der Waals surface area (Å²) in [6.45, 7) is 0.439. The van der Waals surface area contributed by atoms with E-state index in [0.717, 1.165) is 17.3 Å². The zero-order chi connectivity index (χ0) is 11.8. The maximum absolute atomic E-state index is 11.3. The quantitative estimate of drug-likeness (QED) is 0.757. The molecule has 0 aliphatic rings. The SMILES string of the molecule is O=C(O)CSCC(=O)NCc1ccncc1. The van der Waals surface area contributed by atoms with Crippen molar-refractivity contribution in [3.05, 3.63) is 30.1 Å². The van der Waals surface area contributed by atoms with E-state index in [1.165, 1.54) is 0 Å². The molecule has 0 aliphatic carbocycles. The summed E-state index contributed by atoms with van der Waals surface area (Å²) in [5.74, 6) is -0.963. The minimum absolute atomic E-state index is 0.0529. The van der Waals surface area contributed by atoms with Gasteiger partial charge in [-0.25, -0.2) is 0 Å². The maximum atomic E-state index is 11.3. The number of carbonyl (C=O) groups excluding carboxylic acids is 1. The van der Waals surface area contributed by atoms with E-state index in [9.17, 15) is 9.59 Å². The van der Waals surface area contributed by atoms with Crippen molar-refractivity contribution in [3.8, 4) is 0 Å². The molecular weight excluding hydrogens is 228 g/mol. The molecule has 1 aromatic heterocycles. The van der Waals surface area contributed by atoms with E-state index in [1.807, 2.05) is 12.1 Å². The molecule has 0 aromatic carbocycles. The van der Waals surface area contributed by atoms with Crippen LogP contribution in [0.1, 0.15) is 5.56 Å². The molecule has 1 rings (SSSR count). The van der Waals surface area contributed by atoms with Crippen molar-refractivity contribution >= 4 is 23.6 Å². The van der Waals surface area contributed by atoms with Crippen molar-refractivity contribution < 1.29 is 14.7 Å². The second-order valence-electron chi connectivity index (χ2n) is 3.02. The number of carboxylic acids is 1. The second kappa shape index (κ2) is 6.84. The van der Waals surface area contributed by atoms with Gasteiger partial charge in [0.25, 0.3) is 0 Å². The molecule has 0 saturated heterocycles. The van der Waals surface area contributed by atoms with E-state index in [0.29, 0.717) is 6.54 Å². The van der Waals surface area contributed by atoms with Crippen LogP contribution in [0, 0.1) is 0 Å². The number of carboxylic acid groups (broad SMARTS) is 1.